The number of para-hydroxylation sites is 1. The maximum Gasteiger partial charge on any atom is 0.170 e. The number of hydrogen-bond acceptors (Lipinski definition) is 4. The lowest BCUT2D eigenvalue weighted by atomic mass is 10.3. The molecule has 1 rings (SSSR count). The molecule has 0 atom stereocenters. The molecule has 0 aromatic heterocycles. The third-order valence-corrected chi connectivity index (χ3v) is 1.93. The lowest BCUT2D eigenvalue weighted by Crippen LogP contribution is -2.14. The number of carbonyl (C=O) groups is 2. The lowest BCUT2D eigenvalue weighted by Gasteiger charge is -2.13. The van der Waals surface area contributed by atoms with Gasteiger partial charge in [-0.2, -0.15) is 5.10 Å². The number of hydrogen-bond donors (Lipinski definition) is 0. The molecule has 0 bridgehead atoms. The predicted octanol–water partition coefficient (Wildman–Crippen LogP) is 1.57. The molecule has 0 radical (unpaired) electrons. The van der Waals surface area contributed by atoms with Crippen LogP contribution in [0, 0.1) is 5.82 Å². The van der Waals surface area contributed by atoms with Gasteiger partial charge in [-0.25, -0.2) is 4.39 Å². The van der Waals surface area contributed by atoms with E-state index in [4.69, 9.17) is 0 Å². The number of hydrazone groups is 1. The van der Waals surface area contributed by atoms with Gasteiger partial charge >= 0.3 is 0 Å². The third-order valence-electron chi connectivity index (χ3n) is 1.93. The van der Waals surface area contributed by atoms with E-state index >= 15 is 0 Å². The smallest absolute Gasteiger partial charge is 0.170 e. The third kappa shape index (κ3) is 3.64. The van der Waals surface area contributed by atoms with Crippen molar-refractivity contribution in [3.05, 3.63) is 42.2 Å². The second-order valence-electron chi connectivity index (χ2n) is 3.11. The van der Waals surface area contributed by atoms with Gasteiger partial charge in [-0.1, -0.05) is 12.1 Å². The van der Waals surface area contributed by atoms with Crippen molar-refractivity contribution < 1.29 is 14.0 Å². The molecule has 4 nitrogen and oxygen atoms in total. The van der Waals surface area contributed by atoms with E-state index in [2.05, 4.69) is 5.10 Å². The van der Waals surface area contributed by atoms with Gasteiger partial charge in [0.05, 0.1) is 5.69 Å². The maximum absolute atomic E-state index is 13.4. The fraction of sp³-hybridized carbons (Fsp3) is 0.0833. The number of anilines is 1. The molecule has 0 saturated heterocycles. The summed E-state index contributed by atoms with van der Waals surface area (Å²) >= 11 is 0. The number of nitrogens with zero attached hydrogens (tertiary/aromatic N) is 2. The van der Waals surface area contributed by atoms with E-state index in [0.29, 0.717) is 12.6 Å². The first-order chi connectivity index (χ1) is 8.19. The highest BCUT2D eigenvalue weighted by Gasteiger charge is 2.05. The molecule has 17 heavy (non-hydrogen) atoms. The second kappa shape index (κ2) is 6.32. The molecule has 0 aliphatic heterocycles. The summed E-state index contributed by atoms with van der Waals surface area (Å²) in [7, 11) is 1.51. The molecule has 0 spiro atoms. The van der Waals surface area contributed by atoms with E-state index in [9.17, 15) is 14.0 Å². The van der Waals surface area contributed by atoms with Crippen LogP contribution in [0.15, 0.2) is 41.5 Å². The number of carbonyl (C=O) groups excluding carboxylic acids is 2. The fourth-order valence-corrected chi connectivity index (χ4v) is 1.18. The van der Waals surface area contributed by atoms with Crippen LogP contribution >= 0.6 is 0 Å². The lowest BCUT2D eigenvalue weighted by molar-refractivity contribution is -0.104. The van der Waals surface area contributed by atoms with Gasteiger partial charge in [0.1, 0.15) is 17.8 Å². The van der Waals surface area contributed by atoms with Crippen LogP contribution < -0.4 is 5.01 Å². The average Bonchev–Trinajstić information content (AvgIpc) is 2.34. The van der Waals surface area contributed by atoms with Gasteiger partial charge in [0.2, 0.25) is 0 Å². The van der Waals surface area contributed by atoms with Crippen molar-refractivity contribution >= 4 is 24.0 Å². The molecule has 0 N–H and O–H groups in total. The molecule has 0 aliphatic carbocycles. The van der Waals surface area contributed by atoms with E-state index in [1.54, 1.807) is 12.1 Å². The first-order valence-corrected chi connectivity index (χ1v) is 4.83. The van der Waals surface area contributed by atoms with E-state index in [-0.39, 0.29) is 11.4 Å². The van der Waals surface area contributed by atoms with Gasteiger partial charge in [-0.05, 0) is 24.3 Å². The molecule has 1 aromatic carbocycles. The molecule has 88 valence electrons. The molecular formula is C12H11FN2O2. The van der Waals surface area contributed by atoms with Crippen LogP contribution in [0.3, 0.4) is 0 Å². The molecule has 1 aromatic rings. The molecule has 0 saturated carbocycles. The summed E-state index contributed by atoms with van der Waals surface area (Å²) in [5.74, 6) is -0.441. The van der Waals surface area contributed by atoms with Crippen LogP contribution in [0.4, 0.5) is 10.1 Å². The first kappa shape index (κ1) is 12.8. The van der Waals surface area contributed by atoms with Crippen LogP contribution in [-0.2, 0) is 9.59 Å². The Kier molecular flexibility index (Phi) is 4.75. The van der Waals surface area contributed by atoms with Crippen molar-refractivity contribution in [2.75, 3.05) is 12.1 Å². The zero-order chi connectivity index (χ0) is 12.7. The maximum atomic E-state index is 13.4. The summed E-state index contributed by atoms with van der Waals surface area (Å²) in [6.45, 7) is 0. The van der Waals surface area contributed by atoms with E-state index in [1.807, 2.05) is 0 Å². The van der Waals surface area contributed by atoms with Gasteiger partial charge in [0.15, 0.2) is 6.29 Å². The largest absolute Gasteiger partial charge is 0.299 e. The predicted molar refractivity (Wildman–Crippen MR) is 63.5 cm³/mol. The second-order valence-corrected chi connectivity index (χ2v) is 3.11. The summed E-state index contributed by atoms with van der Waals surface area (Å²) in [5, 5.41) is 5.09. The Bertz CT molecular complexity index is 469. The molecule has 5 heteroatoms. The van der Waals surface area contributed by atoms with Crippen LogP contribution in [0.25, 0.3) is 0 Å². The Labute approximate surface area is 98.0 Å². The molecule has 0 heterocycles. The van der Waals surface area contributed by atoms with Gasteiger partial charge in [-0.15, -0.1) is 0 Å². The Morgan fingerprint density at radius 3 is 2.65 bits per heavy atom. The first-order valence-electron chi connectivity index (χ1n) is 4.83. The number of allylic oxidation sites excluding steroid dienone is 2. The molecule has 0 fully saturated rings. The minimum absolute atomic E-state index is 0.0304. The van der Waals surface area contributed by atoms with Crippen molar-refractivity contribution in [3.8, 4) is 0 Å². The van der Waals surface area contributed by atoms with Crippen LogP contribution in [0.1, 0.15) is 0 Å². The highest BCUT2D eigenvalue weighted by Crippen LogP contribution is 2.17. The van der Waals surface area contributed by atoms with E-state index in [1.165, 1.54) is 30.3 Å². The highest BCUT2D eigenvalue weighted by molar-refractivity contribution is 6.34. The van der Waals surface area contributed by atoms with Crippen molar-refractivity contribution in [1.29, 1.82) is 0 Å². The van der Waals surface area contributed by atoms with Crippen molar-refractivity contribution in [1.82, 2.24) is 0 Å². The van der Waals surface area contributed by atoms with Crippen LogP contribution in [0.2, 0.25) is 0 Å². The van der Waals surface area contributed by atoms with E-state index < -0.39 is 5.82 Å². The van der Waals surface area contributed by atoms with Crippen molar-refractivity contribution in [2.24, 2.45) is 5.10 Å². The van der Waals surface area contributed by atoms with Crippen molar-refractivity contribution in [2.45, 2.75) is 0 Å². The van der Waals surface area contributed by atoms with Gasteiger partial charge in [0, 0.05) is 7.05 Å². The Balaban J connectivity index is 2.97. The minimum atomic E-state index is -0.441. The molecular weight excluding hydrogens is 223 g/mol. The normalized spacial score (nSPS) is 11.5. The molecule has 0 aliphatic rings. The number of halogens is 1. The number of benzene rings is 1. The topological polar surface area (TPSA) is 49.7 Å². The standard InChI is InChI=1S/C12H11FN2O2/c1-15(12-7-3-2-6-11(12)13)14-10(9-17)5-4-8-16/h2-9H,1H3/b5-4-,14-10+. The zero-order valence-electron chi connectivity index (χ0n) is 9.21. The van der Waals surface area contributed by atoms with E-state index in [0.717, 1.165) is 6.08 Å². The van der Waals surface area contributed by atoms with Crippen LogP contribution in [0.5, 0.6) is 0 Å². The minimum Gasteiger partial charge on any atom is -0.299 e. The van der Waals surface area contributed by atoms with Crippen LogP contribution in [-0.4, -0.2) is 25.3 Å². The zero-order valence-corrected chi connectivity index (χ0v) is 9.21. The Hall–Kier alpha value is -2.30. The quantitative estimate of drug-likeness (QED) is 0.336. The van der Waals surface area contributed by atoms with Crippen molar-refractivity contribution in [3.63, 3.8) is 0 Å². The number of aldehydes is 2. The van der Waals surface area contributed by atoms with Gasteiger partial charge < -0.3 is 0 Å². The monoisotopic (exact) mass is 234 g/mol. The van der Waals surface area contributed by atoms with Gasteiger partial charge in [0.25, 0.3) is 0 Å². The highest BCUT2D eigenvalue weighted by atomic mass is 19.1. The fourth-order valence-electron chi connectivity index (χ4n) is 1.18. The van der Waals surface area contributed by atoms with Gasteiger partial charge in [-0.3, -0.25) is 14.6 Å². The Morgan fingerprint density at radius 2 is 2.06 bits per heavy atom. The summed E-state index contributed by atoms with van der Waals surface area (Å²) in [6, 6.07) is 6.05. The summed E-state index contributed by atoms with van der Waals surface area (Å²) in [6.07, 6.45) is 3.40. The summed E-state index contributed by atoms with van der Waals surface area (Å²) in [5.41, 5.74) is 0.272. The molecule has 0 amide bonds. The summed E-state index contributed by atoms with van der Waals surface area (Å²) < 4.78 is 13.4. The summed E-state index contributed by atoms with van der Waals surface area (Å²) in [4.78, 5) is 20.7. The average molecular weight is 234 g/mol. The molecule has 0 unspecified atom stereocenters. The SMILES string of the molecule is CN(/N=C(C=O)\C=C/C=O)c1ccccc1F. The number of rotatable bonds is 5. The Morgan fingerprint density at radius 1 is 1.35 bits per heavy atom.